The number of halogens is 3. The smallest absolute Gasteiger partial charge is 0.354 e. The standard InChI is InChI=1S/C24H17F3N2O/c1-2-14-8-10-17-16(12-14)9-11-19-18(17)13-20(28-19)23-21(24(25,26)27)22(29-30-23)15-6-4-3-5-7-15/h2-8,10,12H,1,9,11,13H2. The lowest BCUT2D eigenvalue weighted by atomic mass is 9.86. The van der Waals surface area contributed by atoms with Crippen molar-refractivity contribution in [2.24, 2.45) is 4.99 Å². The minimum Gasteiger partial charge on any atom is -0.354 e. The van der Waals surface area contributed by atoms with Crippen LogP contribution in [0.15, 0.2) is 70.3 Å². The highest BCUT2D eigenvalue weighted by molar-refractivity contribution is 6.10. The van der Waals surface area contributed by atoms with E-state index in [2.05, 4.69) is 22.8 Å². The molecule has 0 saturated heterocycles. The third-order valence-corrected chi connectivity index (χ3v) is 5.57. The summed E-state index contributed by atoms with van der Waals surface area (Å²) in [5, 5.41) is 3.78. The van der Waals surface area contributed by atoms with E-state index in [1.54, 1.807) is 36.4 Å². The number of benzene rings is 2. The number of aliphatic imine (C=N–C) groups is 1. The fourth-order valence-corrected chi connectivity index (χ4v) is 4.17. The predicted molar refractivity (Wildman–Crippen MR) is 110 cm³/mol. The lowest BCUT2D eigenvalue weighted by Gasteiger charge is -2.18. The number of nitrogens with zero attached hydrogens (tertiary/aromatic N) is 2. The van der Waals surface area contributed by atoms with Gasteiger partial charge in [-0.3, -0.25) is 4.99 Å². The van der Waals surface area contributed by atoms with Crippen LogP contribution in [0.4, 0.5) is 13.2 Å². The number of aromatic nitrogens is 1. The van der Waals surface area contributed by atoms with Crippen molar-refractivity contribution in [1.29, 1.82) is 0 Å². The van der Waals surface area contributed by atoms with E-state index in [1.165, 1.54) is 5.56 Å². The second-order valence-electron chi connectivity index (χ2n) is 7.38. The summed E-state index contributed by atoms with van der Waals surface area (Å²) in [6.07, 6.45) is -1.04. The van der Waals surface area contributed by atoms with E-state index in [1.807, 2.05) is 12.1 Å². The molecule has 0 radical (unpaired) electrons. The number of aryl methyl sites for hydroxylation is 1. The van der Waals surface area contributed by atoms with Gasteiger partial charge in [0.2, 0.25) is 0 Å². The van der Waals surface area contributed by atoms with E-state index in [4.69, 9.17) is 4.52 Å². The summed E-state index contributed by atoms with van der Waals surface area (Å²) < 4.78 is 47.2. The van der Waals surface area contributed by atoms with Gasteiger partial charge in [-0.2, -0.15) is 13.2 Å². The van der Waals surface area contributed by atoms with Crippen molar-refractivity contribution in [2.45, 2.75) is 25.4 Å². The molecule has 0 unspecified atom stereocenters. The van der Waals surface area contributed by atoms with E-state index in [9.17, 15) is 13.2 Å². The molecule has 30 heavy (non-hydrogen) atoms. The van der Waals surface area contributed by atoms with Crippen LogP contribution in [0.5, 0.6) is 0 Å². The molecule has 1 aromatic heterocycles. The van der Waals surface area contributed by atoms with Crippen LogP contribution in [-0.2, 0) is 12.6 Å². The van der Waals surface area contributed by atoms with Gasteiger partial charge in [0.1, 0.15) is 11.3 Å². The molecule has 2 aliphatic rings. The molecule has 0 spiro atoms. The van der Waals surface area contributed by atoms with Crippen LogP contribution in [0, 0.1) is 0 Å². The average Bonchev–Trinajstić information content (AvgIpc) is 3.38. The van der Waals surface area contributed by atoms with Crippen molar-refractivity contribution in [2.75, 3.05) is 0 Å². The monoisotopic (exact) mass is 406 g/mol. The molecule has 1 aliphatic heterocycles. The van der Waals surface area contributed by atoms with Crippen molar-refractivity contribution in [1.82, 2.24) is 5.16 Å². The lowest BCUT2D eigenvalue weighted by Crippen LogP contribution is -2.12. The number of fused-ring (bicyclic) bond motifs is 2. The van der Waals surface area contributed by atoms with E-state index in [0.29, 0.717) is 18.4 Å². The number of hydrogen-bond donors (Lipinski definition) is 0. The first-order valence-corrected chi connectivity index (χ1v) is 9.63. The Morgan fingerprint density at radius 2 is 1.83 bits per heavy atom. The van der Waals surface area contributed by atoms with Crippen molar-refractivity contribution < 1.29 is 17.7 Å². The van der Waals surface area contributed by atoms with Crippen molar-refractivity contribution in [3.63, 3.8) is 0 Å². The molecule has 5 rings (SSSR count). The molecule has 150 valence electrons. The highest BCUT2D eigenvalue weighted by atomic mass is 19.4. The Bertz CT molecular complexity index is 1220. The Balaban J connectivity index is 1.56. The van der Waals surface area contributed by atoms with Crippen LogP contribution < -0.4 is 0 Å². The van der Waals surface area contributed by atoms with Crippen LogP contribution in [0.3, 0.4) is 0 Å². The first kappa shape index (κ1) is 18.6. The summed E-state index contributed by atoms with van der Waals surface area (Å²) in [4.78, 5) is 4.55. The van der Waals surface area contributed by atoms with Gasteiger partial charge in [-0.1, -0.05) is 66.3 Å². The Hall–Kier alpha value is -3.41. The molecule has 2 heterocycles. The Labute approximate surface area is 171 Å². The van der Waals surface area contributed by atoms with Gasteiger partial charge in [-0.15, -0.1) is 0 Å². The maximum atomic E-state index is 14.0. The molecule has 3 aromatic rings. The highest BCUT2D eigenvalue weighted by Gasteiger charge is 2.43. The van der Waals surface area contributed by atoms with Gasteiger partial charge in [0, 0.05) is 17.7 Å². The largest absolute Gasteiger partial charge is 0.422 e. The van der Waals surface area contributed by atoms with Gasteiger partial charge in [-0.05, 0) is 35.1 Å². The topological polar surface area (TPSA) is 38.4 Å². The van der Waals surface area contributed by atoms with Crippen molar-refractivity contribution in [3.05, 3.63) is 88.8 Å². The Morgan fingerprint density at radius 1 is 1.03 bits per heavy atom. The molecular weight excluding hydrogens is 389 g/mol. The highest BCUT2D eigenvalue weighted by Crippen LogP contribution is 2.44. The first-order chi connectivity index (χ1) is 14.5. The first-order valence-electron chi connectivity index (χ1n) is 9.63. The number of rotatable bonds is 3. The zero-order chi connectivity index (χ0) is 20.9. The third kappa shape index (κ3) is 3.00. The fraction of sp³-hybridized carbons (Fsp3) is 0.167. The Kier molecular flexibility index (Phi) is 4.24. The number of alkyl halides is 3. The molecular formula is C24H17F3N2O. The van der Waals surface area contributed by atoms with Gasteiger partial charge in [-0.25, -0.2) is 0 Å². The predicted octanol–water partition coefficient (Wildman–Crippen LogP) is 6.55. The van der Waals surface area contributed by atoms with E-state index in [-0.39, 0.29) is 17.2 Å². The summed E-state index contributed by atoms with van der Waals surface area (Å²) in [5.74, 6) is -0.292. The summed E-state index contributed by atoms with van der Waals surface area (Å²) in [6, 6.07) is 14.3. The summed E-state index contributed by atoms with van der Waals surface area (Å²) in [6.45, 7) is 3.80. The van der Waals surface area contributed by atoms with Crippen LogP contribution in [0.25, 0.3) is 22.9 Å². The van der Waals surface area contributed by atoms with Crippen molar-refractivity contribution >= 4 is 17.4 Å². The molecule has 6 heteroatoms. The number of hydrogen-bond acceptors (Lipinski definition) is 3. The molecule has 2 aromatic carbocycles. The summed E-state index contributed by atoms with van der Waals surface area (Å²) in [5.41, 5.74) is 4.59. The normalized spacial score (nSPS) is 15.6. The molecule has 0 atom stereocenters. The molecule has 1 aliphatic carbocycles. The molecule has 0 bridgehead atoms. The molecule has 0 amide bonds. The maximum absolute atomic E-state index is 14.0. The fourth-order valence-electron chi connectivity index (χ4n) is 4.17. The number of allylic oxidation sites excluding steroid dienone is 2. The van der Waals surface area contributed by atoms with E-state index in [0.717, 1.165) is 28.8 Å². The molecule has 3 nitrogen and oxygen atoms in total. The average molecular weight is 406 g/mol. The molecule has 0 saturated carbocycles. The minimum absolute atomic E-state index is 0.207. The molecule has 0 fully saturated rings. The van der Waals surface area contributed by atoms with Gasteiger partial charge < -0.3 is 4.52 Å². The lowest BCUT2D eigenvalue weighted by molar-refractivity contribution is -0.137. The second kappa shape index (κ2) is 6.83. The zero-order valence-electron chi connectivity index (χ0n) is 16.0. The molecule has 0 N–H and O–H groups in total. The van der Waals surface area contributed by atoms with Gasteiger partial charge in [0.05, 0.1) is 5.71 Å². The van der Waals surface area contributed by atoms with E-state index >= 15 is 0 Å². The quantitative estimate of drug-likeness (QED) is 0.494. The van der Waals surface area contributed by atoms with Crippen LogP contribution >= 0.6 is 0 Å². The van der Waals surface area contributed by atoms with Gasteiger partial charge >= 0.3 is 6.18 Å². The summed E-state index contributed by atoms with van der Waals surface area (Å²) in [7, 11) is 0. The second-order valence-corrected chi connectivity index (χ2v) is 7.38. The maximum Gasteiger partial charge on any atom is 0.422 e. The summed E-state index contributed by atoms with van der Waals surface area (Å²) >= 11 is 0. The Morgan fingerprint density at radius 3 is 2.57 bits per heavy atom. The van der Waals surface area contributed by atoms with Gasteiger partial charge in [0.25, 0.3) is 0 Å². The third-order valence-electron chi connectivity index (χ3n) is 5.57. The van der Waals surface area contributed by atoms with Crippen LogP contribution in [0.2, 0.25) is 0 Å². The minimum atomic E-state index is -4.61. The van der Waals surface area contributed by atoms with Crippen LogP contribution in [0.1, 0.15) is 40.9 Å². The van der Waals surface area contributed by atoms with Crippen LogP contribution in [-0.4, -0.2) is 10.9 Å². The van der Waals surface area contributed by atoms with Gasteiger partial charge in [0.15, 0.2) is 5.76 Å². The van der Waals surface area contributed by atoms with Crippen molar-refractivity contribution in [3.8, 4) is 11.3 Å². The SMILES string of the molecule is C=Cc1ccc2c(c1)CCC1=C2CC(c2onc(-c3ccccc3)c2C(F)(F)F)=N1. The van der Waals surface area contributed by atoms with E-state index < -0.39 is 11.7 Å². The zero-order valence-corrected chi connectivity index (χ0v) is 16.0.